The molecular formula is C24H20N2O. The molecule has 0 spiro atoms. The smallest absolute Gasteiger partial charge is 0.258 e. The number of benzene rings is 3. The molecule has 0 fully saturated rings. The van der Waals surface area contributed by atoms with Crippen LogP contribution in [0.2, 0.25) is 0 Å². The number of para-hydroxylation sites is 2. The Kier molecular flexibility index (Phi) is 4.89. The number of rotatable bonds is 3. The van der Waals surface area contributed by atoms with Crippen molar-refractivity contribution >= 4 is 17.3 Å². The van der Waals surface area contributed by atoms with Crippen LogP contribution in [0, 0.1) is 11.8 Å². The Labute approximate surface area is 159 Å². The summed E-state index contributed by atoms with van der Waals surface area (Å²) in [6.45, 7) is 1.32. The predicted molar refractivity (Wildman–Crippen MR) is 110 cm³/mol. The van der Waals surface area contributed by atoms with E-state index in [0.29, 0.717) is 12.1 Å². The predicted octanol–water partition coefficient (Wildman–Crippen LogP) is 4.35. The molecule has 1 heterocycles. The third-order valence-corrected chi connectivity index (χ3v) is 4.65. The van der Waals surface area contributed by atoms with Crippen molar-refractivity contribution in [3.05, 3.63) is 95.6 Å². The fourth-order valence-electron chi connectivity index (χ4n) is 3.25. The minimum Gasteiger partial charge on any atom is -0.374 e. The highest BCUT2D eigenvalue weighted by Crippen LogP contribution is 2.28. The number of fused-ring (bicyclic) bond motifs is 1. The van der Waals surface area contributed by atoms with Crippen LogP contribution in [0.3, 0.4) is 0 Å². The largest absolute Gasteiger partial charge is 0.374 e. The summed E-state index contributed by atoms with van der Waals surface area (Å²) in [5.74, 6) is 6.29. The molecule has 0 saturated carbocycles. The summed E-state index contributed by atoms with van der Waals surface area (Å²) in [7, 11) is 0. The van der Waals surface area contributed by atoms with E-state index in [-0.39, 0.29) is 5.91 Å². The molecule has 1 N–H and O–H groups in total. The van der Waals surface area contributed by atoms with Gasteiger partial charge in [-0.25, -0.2) is 0 Å². The number of nitrogens with zero attached hydrogens (tertiary/aromatic N) is 1. The Bertz CT molecular complexity index is 998. The van der Waals surface area contributed by atoms with E-state index in [1.54, 1.807) is 0 Å². The highest BCUT2D eigenvalue weighted by Gasteiger charge is 2.24. The van der Waals surface area contributed by atoms with E-state index in [0.717, 1.165) is 29.9 Å². The van der Waals surface area contributed by atoms with Crippen LogP contribution in [-0.4, -0.2) is 19.0 Å². The number of carbonyl (C=O) groups excluding carboxylic acids is 1. The van der Waals surface area contributed by atoms with Gasteiger partial charge in [0.1, 0.15) is 0 Å². The van der Waals surface area contributed by atoms with E-state index in [2.05, 4.69) is 23.2 Å². The fraction of sp³-hybridized carbons (Fsp3) is 0.125. The van der Waals surface area contributed by atoms with Gasteiger partial charge in [0.15, 0.2) is 0 Å². The van der Waals surface area contributed by atoms with Gasteiger partial charge in [0.2, 0.25) is 0 Å². The number of hydrogen-bond donors (Lipinski definition) is 1. The number of hydrogen-bond acceptors (Lipinski definition) is 2. The maximum Gasteiger partial charge on any atom is 0.258 e. The summed E-state index contributed by atoms with van der Waals surface area (Å²) < 4.78 is 0. The Balaban J connectivity index is 1.39. The molecule has 1 amide bonds. The second-order valence-electron chi connectivity index (χ2n) is 6.43. The molecule has 1 aliphatic rings. The highest BCUT2D eigenvalue weighted by molar-refractivity contribution is 6.07. The van der Waals surface area contributed by atoms with Crippen LogP contribution in [0.4, 0.5) is 11.4 Å². The Morgan fingerprint density at radius 1 is 0.926 bits per heavy atom. The Hall–Kier alpha value is -3.51. The molecule has 132 valence electrons. The van der Waals surface area contributed by atoms with Crippen molar-refractivity contribution in [3.63, 3.8) is 0 Å². The normalized spacial score (nSPS) is 12.1. The van der Waals surface area contributed by atoms with Crippen molar-refractivity contribution < 1.29 is 4.79 Å². The van der Waals surface area contributed by atoms with Crippen LogP contribution < -0.4 is 10.2 Å². The third kappa shape index (κ3) is 3.86. The maximum atomic E-state index is 12.8. The first kappa shape index (κ1) is 16.9. The van der Waals surface area contributed by atoms with Crippen LogP contribution in [0.5, 0.6) is 0 Å². The number of amides is 1. The molecule has 0 saturated heterocycles. The van der Waals surface area contributed by atoms with E-state index in [9.17, 15) is 4.79 Å². The first-order valence-electron chi connectivity index (χ1n) is 9.09. The summed E-state index contributed by atoms with van der Waals surface area (Å²) in [6, 6.07) is 25.6. The van der Waals surface area contributed by atoms with Gasteiger partial charge in [-0.3, -0.25) is 4.79 Å². The Morgan fingerprint density at radius 2 is 1.67 bits per heavy atom. The molecule has 0 bridgehead atoms. The van der Waals surface area contributed by atoms with Crippen molar-refractivity contribution in [3.8, 4) is 11.8 Å². The molecule has 27 heavy (non-hydrogen) atoms. The summed E-state index contributed by atoms with van der Waals surface area (Å²) in [6.07, 6.45) is 0.917. The minimum absolute atomic E-state index is 0.0465. The number of anilines is 2. The zero-order chi connectivity index (χ0) is 18.5. The van der Waals surface area contributed by atoms with Gasteiger partial charge in [0.05, 0.1) is 6.54 Å². The van der Waals surface area contributed by atoms with Crippen LogP contribution >= 0.6 is 0 Å². The second-order valence-corrected chi connectivity index (χ2v) is 6.43. The maximum absolute atomic E-state index is 12.8. The number of carbonyl (C=O) groups is 1. The average molecular weight is 352 g/mol. The Morgan fingerprint density at radius 3 is 2.48 bits per heavy atom. The van der Waals surface area contributed by atoms with E-state index >= 15 is 0 Å². The molecule has 3 nitrogen and oxygen atoms in total. The molecule has 3 aromatic rings. The van der Waals surface area contributed by atoms with E-state index in [1.807, 2.05) is 77.7 Å². The van der Waals surface area contributed by atoms with Crippen LogP contribution in [-0.2, 0) is 6.42 Å². The van der Waals surface area contributed by atoms with Gasteiger partial charge in [-0.05, 0) is 54.4 Å². The van der Waals surface area contributed by atoms with Crippen LogP contribution in [0.15, 0.2) is 78.9 Å². The molecule has 4 rings (SSSR count). The fourth-order valence-corrected chi connectivity index (χ4v) is 3.25. The zero-order valence-electron chi connectivity index (χ0n) is 15.0. The van der Waals surface area contributed by atoms with Crippen LogP contribution in [0.1, 0.15) is 21.5 Å². The SMILES string of the molecule is O=C(c1ccc(C#CCNc2ccccc2)cc1)N1CCc2ccccc21. The summed E-state index contributed by atoms with van der Waals surface area (Å²) in [4.78, 5) is 14.7. The lowest BCUT2D eigenvalue weighted by Gasteiger charge is -2.17. The molecule has 0 aromatic heterocycles. The van der Waals surface area contributed by atoms with Crippen LogP contribution in [0.25, 0.3) is 0 Å². The second kappa shape index (κ2) is 7.80. The van der Waals surface area contributed by atoms with Crippen molar-refractivity contribution in [2.24, 2.45) is 0 Å². The number of nitrogens with one attached hydrogen (secondary N) is 1. The molecule has 0 aliphatic carbocycles. The molecule has 0 atom stereocenters. The minimum atomic E-state index is 0.0465. The lowest BCUT2D eigenvalue weighted by atomic mass is 10.1. The van der Waals surface area contributed by atoms with E-state index < -0.39 is 0 Å². The highest BCUT2D eigenvalue weighted by atomic mass is 16.2. The lowest BCUT2D eigenvalue weighted by Crippen LogP contribution is -2.28. The average Bonchev–Trinajstić information content (AvgIpc) is 3.16. The van der Waals surface area contributed by atoms with Gasteiger partial charge >= 0.3 is 0 Å². The first-order chi connectivity index (χ1) is 13.3. The zero-order valence-corrected chi connectivity index (χ0v) is 15.0. The summed E-state index contributed by atoms with van der Waals surface area (Å²) in [5, 5.41) is 3.26. The van der Waals surface area contributed by atoms with Crippen molar-refractivity contribution in [1.82, 2.24) is 0 Å². The van der Waals surface area contributed by atoms with Crippen molar-refractivity contribution in [1.29, 1.82) is 0 Å². The summed E-state index contributed by atoms with van der Waals surface area (Å²) in [5.41, 5.74) is 4.92. The molecule has 0 unspecified atom stereocenters. The van der Waals surface area contributed by atoms with Crippen molar-refractivity contribution in [2.45, 2.75) is 6.42 Å². The van der Waals surface area contributed by atoms with Gasteiger partial charge < -0.3 is 10.2 Å². The molecular weight excluding hydrogens is 332 g/mol. The van der Waals surface area contributed by atoms with Gasteiger partial charge in [-0.1, -0.05) is 48.2 Å². The monoisotopic (exact) mass is 352 g/mol. The topological polar surface area (TPSA) is 32.3 Å². The molecule has 3 aromatic carbocycles. The quantitative estimate of drug-likeness (QED) is 0.711. The molecule has 3 heteroatoms. The van der Waals surface area contributed by atoms with Gasteiger partial charge in [-0.15, -0.1) is 0 Å². The van der Waals surface area contributed by atoms with Gasteiger partial charge in [0.25, 0.3) is 5.91 Å². The first-order valence-corrected chi connectivity index (χ1v) is 9.09. The molecule has 0 radical (unpaired) electrons. The van der Waals surface area contributed by atoms with E-state index in [1.165, 1.54) is 5.56 Å². The van der Waals surface area contributed by atoms with Crippen molar-refractivity contribution in [2.75, 3.05) is 23.3 Å². The van der Waals surface area contributed by atoms with Gasteiger partial charge in [-0.2, -0.15) is 0 Å². The molecule has 1 aliphatic heterocycles. The summed E-state index contributed by atoms with van der Waals surface area (Å²) >= 11 is 0. The third-order valence-electron chi connectivity index (χ3n) is 4.65. The van der Waals surface area contributed by atoms with E-state index in [4.69, 9.17) is 0 Å². The standard InChI is InChI=1S/C24H20N2O/c27-24(26-18-16-20-8-4-5-11-23(20)26)21-14-12-19(13-15-21)7-6-17-25-22-9-2-1-3-10-22/h1-5,8-15,25H,16-18H2. The lowest BCUT2D eigenvalue weighted by molar-refractivity contribution is 0.0989. The van der Waals surface area contributed by atoms with Gasteiger partial charge in [0, 0.05) is 29.0 Å².